The number of nitrogens with zero attached hydrogens (tertiary/aromatic N) is 6. The summed E-state index contributed by atoms with van der Waals surface area (Å²) < 4.78 is 8.06. The predicted octanol–water partition coefficient (Wildman–Crippen LogP) is 4.60. The molecule has 1 aromatic rings. The molecule has 3 saturated heterocycles. The number of fused-ring (bicyclic) bond motifs is 3. The molecule has 6 aliphatic rings. The summed E-state index contributed by atoms with van der Waals surface area (Å²) in [5.41, 5.74) is 10.0. The smallest absolute Gasteiger partial charge is 0.234 e. The Morgan fingerprint density at radius 2 is 0.786 bits per heavy atom. The van der Waals surface area contributed by atoms with Gasteiger partial charge in [-0.25, -0.2) is 0 Å². The van der Waals surface area contributed by atoms with E-state index in [9.17, 15) is 0 Å². The van der Waals surface area contributed by atoms with Crippen molar-refractivity contribution in [2.24, 2.45) is 0 Å². The number of hydrogen-bond donors (Lipinski definition) is 0. The maximum atomic E-state index is 2.69. The van der Waals surface area contributed by atoms with E-state index in [1.54, 1.807) is 33.4 Å². The van der Waals surface area contributed by atoms with Gasteiger partial charge in [-0.1, -0.05) is 20.8 Å². The van der Waals surface area contributed by atoms with Gasteiger partial charge in [0.25, 0.3) is 0 Å². The van der Waals surface area contributed by atoms with Crippen molar-refractivity contribution < 1.29 is 13.7 Å². The highest BCUT2D eigenvalue weighted by atomic mass is 15.3. The fourth-order valence-electron chi connectivity index (χ4n) is 9.57. The van der Waals surface area contributed by atoms with Crippen molar-refractivity contribution in [1.82, 2.24) is 14.7 Å². The van der Waals surface area contributed by atoms with Crippen molar-refractivity contribution in [3.05, 3.63) is 33.4 Å². The van der Waals surface area contributed by atoms with Crippen LogP contribution in [0.1, 0.15) is 112 Å². The van der Waals surface area contributed by atoms with E-state index in [4.69, 9.17) is 0 Å². The van der Waals surface area contributed by atoms with Crippen molar-refractivity contribution in [2.45, 2.75) is 136 Å². The summed E-state index contributed by atoms with van der Waals surface area (Å²) in [6.45, 7) is 17.9. The summed E-state index contributed by atoms with van der Waals surface area (Å²) in [7, 11) is 0. The van der Waals surface area contributed by atoms with Gasteiger partial charge in [-0.05, 0) is 93.7 Å². The van der Waals surface area contributed by atoms with Crippen LogP contribution in [0.5, 0.6) is 0 Å². The number of rotatable bonds is 9. The molecule has 0 radical (unpaired) electrons. The van der Waals surface area contributed by atoms with Gasteiger partial charge < -0.3 is 0 Å². The average Bonchev–Trinajstić information content (AvgIpc) is 3.73. The SMILES string of the molecule is CCc1c(C[N+]2=CN3CCCCC3C2)c(CC)c(C[N+]2=CN3CCCCC3C2)c(CC)c1C[N+]1=CN2CCCCC2C1. The average molecular weight is 574 g/mol. The van der Waals surface area contributed by atoms with Crippen LogP contribution in [0.25, 0.3) is 0 Å². The summed E-state index contributed by atoms with van der Waals surface area (Å²) in [5, 5.41) is 0. The van der Waals surface area contributed by atoms with E-state index < -0.39 is 0 Å². The van der Waals surface area contributed by atoms with Crippen LogP contribution in [0, 0.1) is 0 Å². The quantitative estimate of drug-likeness (QED) is 0.403. The van der Waals surface area contributed by atoms with Crippen LogP contribution < -0.4 is 0 Å². The highest BCUT2D eigenvalue weighted by Gasteiger charge is 2.38. The first-order chi connectivity index (χ1) is 20.6. The van der Waals surface area contributed by atoms with Crippen LogP contribution in [0.4, 0.5) is 0 Å². The van der Waals surface area contributed by atoms with Crippen LogP contribution in [-0.4, -0.2) is 105 Å². The number of hydrogen-bond acceptors (Lipinski definition) is 3. The Labute approximate surface area is 255 Å². The van der Waals surface area contributed by atoms with E-state index in [1.165, 1.54) is 97.1 Å². The normalized spacial score (nSPS) is 27.1. The zero-order valence-corrected chi connectivity index (χ0v) is 27.0. The lowest BCUT2D eigenvalue weighted by Gasteiger charge is -2.25. The Morgan fingerprint density at radius 1 is 0.476 bits per heavy atom. The summed E-state index contributed by atoms with van der Waals surface area (Å²) in [5.74, 6) is 0. The second-order valence-electron chi connectivity index (χ2n) is 14.2. The molecule has 6 nitrogen and oxygen atoms in total. The van der Waals surface area contributed by atoms with Gasteiger partial charge in [0.2, 0.25) is 19.0 Å². The molecule has 0 spiro atoms. The molecule has 3 atom stereocenters. The van der Waals surface area contributed by atoms with E-state index in [0.717, 1.165) is 57.0 Å². The fraction of sp³-hybridized carbons (Fsp3) is 0.750. The summed E-state index contributed by atoms with van der Waals surface area (Å²) in [6, 6.07) is 2.20. The first-order valence-corrected chi connectivity index (χ1v) is 17.9. The van der Waals surface area contributed by atoms with Gasteiger partial charge in [0.05, 0.1) is 19.6 Å². The summed E-state index contributed by atoms with van der Waals surface area (Å²) in [4.78, 5) is 7.98. The van der Waals surface area contributed by atoms with E-state index in [0.29, 0.717) is 0 Å². The first-order valence-electron chi connectivity index (χ1n) is 17.9. The van der Waals surface area contributed by atoms with Gasteiger partial charge in [-0.3, -0.25) is 28.4 Å². The molecule has 228 valence electrons. The zero-order chi connectivity index (χ0) is 28.6. The minimum atomic E-state index is 0.732. The Morgan fingerprint density at radius 3 is 1.05 bits per heavy atom. The molecule has 3 fully saturated rings. The lowest BCUT2D eigenvalue weighted by Crippen LogP contribution is -2.35. The van der Waals surface area contributed by atoms with Crippen molar-refractivity contribution in [2.75, 3.05) is 39.3 Å². The van der Waals surface area contributed by atoms with Crippen molar-refractivity contribution >= 4 is 19.0 Å². The Bertz CT molecular complexity index is 1090. The molecule has 0 N–H and O–H groups in total. The van der Waals surface area contributed by atoms with Gasteiger partial charge in [0.1, 0.15) is 57.4 Å². The highest BCUT2D eigenvalue weighted by molar-refractivity contribution is 5.56. The third-order valence-corrected chi connectivity index (χ3v) is 11.6. The molecular weight excluding hydrogens is 516 g/mol. The van der Waals surface area contributed by atoms with Gasteiger partial charge in [-0.2, -0.15) is 0 Å². The Balaban J connectivity index is 1.28. The maximum absolute atomic E-state index is 2.69. The molecule has 42 heavy (non-hydrogen) atoms. The minimum absolute atomic E-state index is 0.732. The molecule has 7 rings (SSSR count). The molecule has 6 aliphatic heterocycles. The molecule has 3 unspecified atom stereocenters. The van der Waals surface area contributed by atoms with Crippen LogP contribution in [0.15, 0.2) is 0 Å². The minimum Gasteiger partial charge on any atom is -0.262 e. The molecule has 0 aromatic heterocycles. The summed E-state index contributed by atoms with van der Waals surface area (Å²) in [6.07, 6.45) is 23.3. The largest absolute Gasteiger partial charge is 0.262 e. The fourth-order valence-corrected chi connectivity index (χ4v) is 9.57. The second-order valence-corrected chi connectivity index (χ2v) is 14.2. The molecule has 0 saturated carbocycles. The molecule has 0 bridgehead atoms. The van der Waals surface area contributed by atoms with E-state index in [-0.39, 0.29) is 0 Å². The van der Waals surface area contributed by atoms with Crippen molar-refractivity contribution in [1.29, 1.82) is 0 Å². The van der Waals surface area contributed by atoms with Gasteiger partial charge in [0.15, 0.2) is 0 Å². The van der Waals surface area contributed by atoms with Crippen LogP contribution in [0.2, 0.25) is 0 Å². The standard InChI is InChI=1S/C36H57N6/c1-4-31-34(22-37-19-28-13-7-10-16-40(28)25-37)32(5-2)36(24-39-21-30-15-9-12-18-42(30)27-39)33(6-3)35(31)23-38-20-29-14-8-11-17-41(29)26-38/h25-30H,4-24H2,1-3H3/q+3. The zero-order valence-electron chi connectivity index (χ0n) is 27.0. The second kappa shape index (κ2) is 12.3. The third kappa shape index (κ3) is 5.41. The topological polar surface area (TPSA) is 18.8 Å². The van der Waals surface area contributed by atoms with Crippen LogP contribution in [-0.2, 0) is 38.9 Å². The van der Waals surface area contributed by atoms with Crippen molar-refractivity contribution in [3.8, 4) is 0 Å². The summed E-state index contributed by atoms with van der Waals surface area (Å²) >= 11 is 0. The van der Waals surface area contributed by atoms with Gasteiger partial charge in [0, 0.05) is 16.7 Å². The molecule has 0 amide bonds. The van der Waals surface area contributed by atoms with E-state index in [1.807, 2.05) is 0 Å². The molecule has 6 heteroatoms. The van der Waals surface area contributed by atoms with E-state index >= 15 is 0 Å². The highest BCUT2D eigenvalue weighted by Crippen LogP contribution is 2.34. The lowest BCUT2D eigenvalue weighted by molar-refractivity contribution is -0.536. The predicted molar refractivity (Wildman–Crippen MR) is 172 cm³/mol. The Kier molecular flexibility index (Phi) is 8.33. The molecule has 1 aromatic carbocycles. The maximum Gasteiger partial charge on any atom is 0.234 e. The van der Waals surface area contributed by atoms with Gasteiger partial charge in [-0.15, -0.1) is 0 Å². The van der Waals surface area contributed by atoms with E-state index in [2.05, 4.69) is 68.2 Å². The van der Waals surface area contributed by atoms with Crippen LogP contribution in [0.3, 0.4) is 0 Å². The first kappa shape index (κ1) is 28.4. The van der Waals surface area contributed by atoms with Gasteiger partial charge >= 0.3 is 0 Å². The Hall–Kier alpha value is -2.37. The number of benzene rings is 1. The molecule has 0 aliphatic carbocycles. The lowest BCUT2D eigenvalue weighted by atomic mass is 9.83. The molecule has 6 heterocycles. The molecular formula is C36H57N6+3. The monoisotopic (exact) mass is 573 g/mol. The number of piperidine rings is 3. The van der Waals surface area contributed by atoms with Crippen LogP contribution >= 0.6 is 0 Å². The van der Waals surface area contributed by atoms with Crippen molar-refractivity contribution in [3.63, 3.8) is 0 Å². The third-order valence-electron chi connectivity index (χ3n) is 11.6.